The molecule has 2 heterocycles. The molecule has 5 rings (SSSR count). The summed E-state index contributed by atoms with van der Waals surface area (Å²) in [6.45, 7) is 7.01. The van der Waals surface area contributed by atoms with Gasteiger partial charge in [0.1, 0.15) is 18.1 Å². The van der Waals surface area contributed by atoms with Crippen LogP contribution in [0.1, 0.15) is 38.5 Å². The Bertz CT molecular complexity index is 1000. The van der Waals surface area contributed by atoms with Crippen LogP contribution in [0.4, 0.5) is 0 Å². The molecule has 4 nitrogen and oxygen atoms in total. The van der Waals surface area contributed by atoms with Crippen LogP contribution in [0.15, 0.2) is 48.5 Å². The fourth-order valence-electron chi connectivity index (χ4n) is 5.30. The molecule has 0 saturated carbocycles. The molecule has 1 unspecified atom stereocenters. The van der Waals surface area contributed by atoms with Gasteiger partial charge in [-0.3, -0.25) is 9.80 Å². The van der Waals surface area contributed by atoms with Crippen LogP contribution in [0, 0.1) is 0 Å². The number of nitrogens with zero attached hydrogens (tertiary/aromatic N) is 2. The van der Waals surface area contributed by atoms with Crippen molar-refractivity contribution in [2.45, 2.75) is 44.1 Å². The molecule has 0 bridgehead atoms. The molecular weight excluding hydrogens is 432 g/mol. The van der Waals surface area contributed by atoms with Gasteiger partial charge in [0, 0.05) is 34.6 Å². The molecule has 0 amide bonds. The minimum Gasteiger partial charge on any atom is -0.491 e. The van der Waals surface area contributed by atoms with Gasteiger partial charge in [0.15, 0.2) is 5.56 Å². The van der Waals surface area contributed by atoms with E-state index >= 15 is 0 Å². The Morgan fingerprint density at radius 1 is 0.667 bits per heavy atom. The van der Waals surface area contributed by atoms with Gasteiger partial charge in [0.05, 0.1) is 0 Å². The van der Waals surface area contributed by atoms with E-state index in [1.54, 1.807) is 0 Å². The van der Waals surface area contributed by atoms with Gasteiger partial charge in [-0.15, -0.1) is 0 Å². The van der Waals surface area contributed by atoms with Crippen LogP contribution in [-0.2, 0) is 0 Å². The van der Waals surface area contributed by atoms with E-state index in [9.17, 15) is 0 Å². The number of likely N-dealkylation sites (tertiary alicyclic amines) is 2. The van der Waals surface area contributed by atoms with Crippen LogP contribution in [0.2, 0.25) is 0 Å². The number of fused-ring (bicyclic) bond motifs is 2. The van der Waals surface area contributed by atoms with Gasteiger partial charge in [0.2, 0.25) is 0 Å². The number of alkyl halides is 1. The largest absolute Gasteiger partial charge is 0.491 e. The fraction of sp³-hybridized carbons (Fsp3) is 0.500. The van der Waals surface area contributed by atoms with Gasteiger partial charge in [0.25, 0.3) is 0 Å². The van der Waals surface area contributed by atoms with Crippen molar-refractivity contribution in [1.29, 1.82) is 0 Å². The Hall–Kier alpha value is -2.01. The lowest BCUT2D eigenvalue weighted by atomic mass is 10.0. The molecule has 2 aliphatic heterocycles. The smallest absolute Gasteiger partial charge is 0.184 e. The lowest BCUT2D eigenvalue weighted by Crippen LogP contribution is -2.36. The second-order valence-corrected chi connectivity index (χ2v) is 9.88. The molecule has 0 aliphatic carbocycles. The molecule has 1 atom stereocenters. The highest BCUT2D eigenvalue weighted by atomic mass is 35.5. The average Bonchev–Trinajstić information content (AvgIpc) is 2.87. The van der Waals surface area contributed by atoms with Gasteiger partial charge in [-0.05, 0) is 51.9 Å². The summed E-state index contributed by atoms with van der Waals surface area (Å²) >= 11 is 6.76. The first-order chi connectivity index (χ1) is 16.3. The van der Waals surface area contributed by atoms with E-state index in [2.05, 4.69) is 58.3 Å². The van der Waals surface area contributed by atoms with Crippen LogP contribution in [0.5, 0.6) is 11.5 Å². The molecular formula is C28H35ClN2O2. The first kappa shape index (κ1) is 22.8. The minimum absolute atomic E-state index is 0.388. The third-order valence-electron chi connectivity index (χ3n) is 7.03. The normalized spacial score (nSPS) is 19.1. The third-order valence-corrected chi connectivity index (χ3v) is 7.26. The van der Waals surface area contributed by atoms with Crippen molar-refractivity contribution >= 4 is 33.1 Å². The number of piperidine rings is 2. The first-order valence-electron chi connectivity index (χ1n) is 12.6. The Balaban J connectivity index is 1.42. The van der Waals surface area contributed by atoms with Crippen LogP contribution < -0.4 is 9.47 Å². The van der Waals surface area contributed by atoms with Crippen LogP contribution >= 0.6 is 11.6 Å². The first-order valence-corrected chi connectivity index (χ1v) is 13.0. The maximum Gasteiger partial charge on any atom is 0.184 e. The summed E-state index contributed by atoms with van der Waals surface area (Å²) < 4.78 is 12.9. The predicted octanol–water partition coefficient (Wildman–Crippen LogP) is 6.29. The number of ether oxygens (including phenoxy) is 2. The number of benzene rings is 3. The van der Waals surface area contributed by atoms with E-state index in [0.717, 1.165) is 59.2 Å². The van der Waals surface area contributed by atoms with Crippen molar-refractivity contribution in [3.63, 3.8) is 0 Å². The van der Waals surface area contributed by atoms with E-state index in [0.29, 0.717) is 6.61 Å². The Morgan fingerprint density at radius 2 is 1.15 bits per heavy atom. The molecule has 176 valence electrons. The van der Waals surface area contributed by atoms with E-state index in [1.807, 2.05) is 0 Å². The van der Waals surface area contributed by atoms with E-state index in [4.69, 9.17) is 21.1 Å². The standard InChI is InChI=1S/C28H35ClN2O2/c29-26(21-31-17-9-2-10-18-31)33-28-24-13-5-3-11-22(24)27(23-12-4-6-14-25(23)28)32-20-19-30-15-7-1-8-16-30/h3-6,11-14,26H,1-2,7-10,15-21H2. The molecule has 0 N–H and O–H groups in total. The molecule has 2 aliphatic rings. The minimum atomic E-state index is -0.388. The van der Waals surface area contributed by atoms with Gasteiger partial charge in [-0.25, -0.2) is 0 Å². The zero-order valence-electron chi connectivity index (χ0n) is 19.5. The summed E-state index contributed by atoms with van der Waals surface area (Å²) in [5.41, 5.74) is -0.388. The fourth-order valence-corrected chi connectivity index (χ4v) is 5.59. The van der Waals surface area contributed by atoms with Crippen molar-refractivity contribution in [1.82, 2.24) is 9.80 Å². The summed E-state index contributed by atoms with van der Waals surface area (Å²) in [6.07, 6.45) is 7.77. The molecule has 33 heavy (non-hydrogen) atoms. The number of hydrogen-bond donors (Lipinski definition) is 0. The second-order valence-electron chi connectivity index (χ2n) is 9.39. The van der Waals surface area contributed by atoms with Crippen molar-refractivity contribution in [2.75, 3.05) is 45.9 Å². The SMILES string of the molecule is ClC(CN1CCCCC1)Oc1c2ccccc2c(OCCN2CCCCC2)c2ccccc12. The monoisotopic (exact) mass is 466 g/mol. The quantitative estimate of drug-likeness (QED) is 0.288. The zero-order valence-corrected chi connectivity index (χ0v) is 20.2. The van der Waals surface area contributed by atoms with E-state index < -0.39 is 0 Å². The Morgan fingerprint density at radius 3 is 1.70 bits per heavy atom. The summed E-state index contributed by atoms with van der Waals surface area (Å²) in [5.74, 6) is 1.81. The lowest BCUT2D eigenvalue weighted by molar-refractivity contribution is 0.165. The van der Waals surface area contributed by atoms with Crippen molar-refractivity contribution in [3.8, 4) is 11.5 Å². The number of rotatable bonds is 8. The molecule has 0 spiro atoms. The maximum atomic E-state index is 6.76. The topological polar surface area (TPSA) is 24.9 Å². The van der Waals surface area contributed by atoms with Gasteiger partial charge in [-0.1, -0.05) is 73.0 Å². The molecule has 0 aromatic heterocycles. The summed E-state index contributed by atoms with van der Waals surface area (Å²) in [6, 6.07) is 16.8. The Labute approximate surface area is 202 Å². The predicted molar refractivity (Wildman–Crippen MR) is 138 cm³/mol. The highest BCUT2D eigenvalue weighted by Gasteiger charge is 2.21. The summed E-state index contributed by atoms with van der Waals surface area (Å²) in [5, 5.41) is 4.31. The average molecular weight is 467 g/mol. The van der Waals surface area contributed by atoms with Crippen LogP contribution in [-0.4, -0.2) is 61.2 Å². The van der Waals surface area contributed by atoms with Crippen molar-refractivity contribution in [2.24, 2.45) is 0 Å². The molecule has 3 aromatic rings. The molecule has 2 fully saturated rings. The number of hydrogen-bond acceptors (Lipinski definition) is 4. The molecule has 5 heteroatoms. The van der Waals surface area contributed by atoms with Gasteiger partial charge in [-0.2, -0.15) is 0 Å². The summed E-state index contributed by atoms with van der Waals surface area (Å²) in [7, 11) is 0. The Kier molecular flexibility index (Phi) is 7.55. The molecule has 3 aromatic carbocycles. The van der Waals surface area contributed by atoms with Crippen LogP contribution in [0.3, 0.4) is 0 Å². The van der Waals surface area contributed by atoms with Gasteiger partial charge >= 0.3 is 0 Å². The summed E-state index contributed by atoms with van der Waals surface area (Å²) in [4.78, 5) is 4.94. The third kappa shape index (κ3) is 5.40. The van der Waals surface area contributed by atoms with E-state index in [1.165, 1.54) is 51.6 Å². The lowest BCUT2D eigenvalue weighted by Gasteiger charge is -2.29. The van der Waals surface area contributed by atoms with Crippen molar-refractivity contribution in [3.05, 3.63) is 48.5 Å². The van der Waals surface area contributed by atoms with Crippen LogP contribution in [0.25, 0.3) is 21.5 Å². The van der Waals surface area contributed by atoms with E-state index in [-0.39, 0.29) is 5.56 Å². The molecule has 2 saturated heterocycles. The number of halogens is 1. The second kappa shape index (κ2) is 10.9. The zero-order chi connectivity index (χ0) is 22.5. The van der Waals surface area contributed by atoms with Gasteiger partial charge < -0.3 is 9.47 Å². The maximum absolute atomic E-state index is 6.76. The highest BCUT2D eigenvalue weighted by molar-refractivity contribution is 6.20. The highest BCUT2D eigenvalue weighted by Crippen LogP contribution is 2.43. The molecule has 0 radical (unpaired) electrons. The van der Waals surface area contributed by atoms with Crippen molar-refractivity contribution < 1.29 is 9.47 Å².